The molecule has 3 saturated carbocycles. The summed E-state index contributed by atoms with van der Waals surface area (Å²) in [4.78, 5) is 53.6. The van der Waals surface area contributed by atoms with Crippen molar-refractivity contribution in [3.05, 3.63) is 71.3 Å². The van der Waals surface area contributed by atoms with Crippen LogP contribution in [0.5, 0.6) is 0 Å². The van der Waals surface area contributed by atoms with Crippen molar-refractivity contribution in [3.8, 4) is 0 Å². The highest BCUT2D eigenvalue weighted by Crippen LogP contribution is 2.65. The first-order valence-electron chi connectivity index (χ1n) is 18.5. The van der Waals surface area contributed by atoms with Crippen molar-refractivity contribution in [3.63, 3.8) is 0 Å². The Morgan fingerprint density at radius 2 is 1.54 bits per heavy atom. The van der Waals surface area contributed by atoms with Crippen molar-refractivity contribution < 1.29 is 41.7 Å². The molecule has 2 aromatic carbocycles. The number of nitrogens with zero attached hydrogens (tertiary/aromatic N) is 2. The summed E-state index contributed by atoms with van der Waals surface area (Å²) in [7, 11) is -0.606. The second kappa shape index (κ2) is 14.7. The summed E-state index contributed by atoms with van der Waals surface area (Å²) in [6, 6.07) is 11.2. The first-order chi connectivity index (χ1) is 25.3. The fraction of sp³-hybridized carbons (Fsp3) is 0.579. The number of benzene rings is 2. The van der Waals surface area contributed by atoms with Gasteiger partial charge >= 0.3 is 19.0 Å². The van der Waals surface area contributed by atoms with Gasteiger partial charge in [0.25, 0.3) is 0 Å². The van der Waals surface area contributed by atoms with Gasteiger partial charge in [0.2, 0.25) is 23.6 Å². The van der Waals surface area contributed by atoms with Crippen molar-refractivity contribution in [2.24, 2.45) is 33.4 Å². The zero-order chi connectivity index (χ0) is 39.2. The number of halogens is 3. The van der Waals surface area contributed by atoms with E-state index in [-0.39, 0.29) is 36.4 Å². The zero-order valence-corrected chi connectivity index (χ0v) is 31.3. The second-order valence-electron chi connectivity index (χ2n) is 16.2. The maximum atomic E-state index is 13.7. The summed E-state index contributed by atoms with van der Waals surface area (Å²) in [5.74, 6) is -1.62. The van der Waals surface area contributed by atoms with E-state index in [1.54, 1.807) is 32.9 Å². The number of nitrogens with one attached hydrogen (secondary N) is 4. The number of carbonyl (C=O) groups excluding carboxylic acids is 4. The molecule has 2 aromatic rings. The van der Waals surface area contributed by atoms with Gasteiger partial charge in [-0.1, -0.05) is 82.3 Å². The minimum absolute atomic E-state index is 0.0310. The van der Waals surface area contributed by atoms with E-state index in [9.17, 15) is 32.3 Å². The maximum absolute atomic E-state index is 13.7. The van der Waals surface area contributed by atoms with Crippen LogP contribution in [0.15, 0.2) is 64.8 Å². The fourth-order valence-corrected chi connectivity index (χ4v) is 8.32. The molecule has 16 heteroatoms. The summed E-state index contributed by atoms with van der Waals surface area (Å²) in [6.07, 6.45) is -2.65. The molecule has 2 heterocycles. The quantitative estimate of drug-likeness (QED) is 0.212. The molecule has 4 N–H and O–H groups in total. The summed E-state index contributed by atoms with van der Waals surface area (Å²) < 4.78 is 52.7. The lowest BCUT2D eigenvalue weighted by Gasteiger charge is -2.64. The van der Waals surface area contributed by atoms with Gasteiger partial charge in [-0.25, -0.2) is 0 Å². The van der Waals surface area contributed by atoms with Gasteiger partial charge in [-0.2, -0.15) is 13.2 Å². The Morgan fingerprint density at radius 3 is 2.13 bits per heavy atom. The van der Waals surface area contributed by atoms with Crippen LogP contribution in [0.25, 0.3) is 0 Å². The second-order valence-corrected chi connectivity index (χ2v) is 16.2. The van der Waals surface area contributed by atoms with Crippen LogP contribution in [0.3, 0.4) is 0 Å². The van der Waals surface area contributed by atoms with Crippen LogP contribution in [0.4, 0.5) is 13.2 Å². The molecule has 12 nitrogen and oxygen atoms in total. The van der Waals surface area contributed by atoms with Crippen LogP contribution in [0, 0.1) is 23.2 Å². The van der Waals surface area contributed by atoms with E-state index in [0.29, 0.717) is 17.4 Å². The summed E-state index contributed by atoms with van der Waals surface area (Å²) in [6.45, 7) is 11.7. The average molecular weight is 753 g/mol. The molecule has 1 saturated heterocycles. The van der Waals surface area contributed by atoms with Crippen LogP contribution in [-0.2, 0) is 47.0 Å². The number of alkyl halides is 3. The zero-order valence-electron chi connectivity index (χ0n) is 31.3. The Balaban J connectivity index is 1.04. The highest BCUT2D eigenvalue weighted by Gasteiger charge is 2.68. The van der Waals surface area contributed by atoms with E-state index in [1.807, 2.05) is 18.2 Å². The van der Waals surface area contributed by atoms with Gasteiger partial charge < -0.3 is 30.6 Å². The summed E-state index contributed by atoms with van der Waals surface area (Å²) >= 11 is 0. The number of amides is 4. The molecule has 4 amide bonds. The van der Waals surface area contributed by atoms with Gasteiger partial charge in [0, 0.05) is 12.0 Å². The predicted octanol–water partition coefficient (Wildman–Crippen LogP) is 4.17. The lowest BCUT2D eigenvalue weighted by molar-refractivity contribution is -0.199. The summed E-state index contributed by atoms with van der Waals surface area (Å²) in [5, 5.41) is 17.4. The standard InChI is InChI=1S/C38H48BF3N6O6/c1-21(2)31(46-30(49)17-24-12-14-25(15-13-24)37(47-48-37)38(40,41)42)34(52)45-27(16-23-10-8-7-9-11-23)33(51)44-22(3)32(50)43-20-39-53-29-19-26-18-28(35(26,4)5)36(29,6)54-39/h7-15,21-22,26-29,31H,16-20H2,1-6H3,(H,43,50)(H,44,51)(H,45,52)(H,46,49)/t22-,26-,27?,28?,29+,31-,36-/m0/s1. The average Bonchev–Trinajstić information content (AvgIpc) is 3.86. The Labute approximate surface area is 313 Å². The molecule has 3 aliphatic carbocycles. The SMILES string of the molecule is CC(C)[C@H](NC(=O)Cc1ccc(C2(C(F)(F)F)N=N2)cc1)C(=O)NC(Cc1ccccc1)C(=O)N[C@@H](C)C(=O)NCB1O[C@@H]2C[C@@H]3CC(C3(C)C)[C@]2(C)O1. The van der Waals surface area contributed by atoms with Gasteiger partial charge in [0.1, 0.15) is 18.1 Å². The molecular formula is C38H48BF3N6O6. The van der Waals surface area contributed by atoms with Crippen LogP contribution < -0.4 is 21.3 Å². The van der Waals surface area contributed by atoms with Gasteiger partial charge in [0.05, 0.1) is 24.6 Å². The van der Waals surface area contributed by atoms with E-state index in [0.717, 1.165) is 18.4 Å². The first-order valence-corrected chi connectivity index (χ1v) is 18.5. The van der Waals surface area contributed by atoms with Crippen molar-refractivity contribution in [1.82, 2.24) is 21.3 Å². The third-order valence-corrected chi connectivity index (χ3v) is 11.8. The van der Waals surface area contributed by atoms with E-state index in [2.05, 4.69) is 52.3 Å². The smallest absolute Gasteiger partial charge is 0.404 e. The highest BCUT2D eigenvalue weighted by molar-refractivity contribution is 6.46. The van der Waals surface area contributed by atoms with Crippen molar-refractivity contribution in [2.45, 2.75) is 109 Å². The number of rotatable bonds is 14. The molecule has 4 fully saturated rings. The molecule has 2 aliphatic heterocycles. The molecule has 290 valence electrons. The minimum Gasteiger partial charge on any atom is -0.404 e. The molecular weight excluding hydrogens is 704 g/mol. The van der Waals surface area contributed by atoms with Crippen molar-refractivity contribution in [2.75, 3.05) is 6.44 Å². The van der Waals surface area contributed by atoms with Crippen molar-refractivity contribution >= 4 is 30.7 Å². The normalized spacial score (nSPS) is 26.1. The van der Waals surface area contributed by atoms with E-state index in [1.165, 1.54) is 24.3 Å². The van der Waals surface area contributed by atoms with Gasteiger partial charge in [-0.15, -0.1) is 10.2 Å². The third-order valence-electron chi connectivity index (χ3n) is 11.8. The molecule has 0 aromatic heterocycles. The largest absolute Gasteiger partial charge is 0.478 e. The summed E-state index contributed by atoms with van der Waals surface area (Å²) in [5.41, 5.74) is -1.77. The number of hydrogen-bond acceptors (Lipinski definition) is 8. The van der Waals surface area contributed by atoms with E-state index < -0.39 is 72.2 Å². The highest BCUT2D eigenvalue weighted by atomic mass is 19.4. The molecule has 54 heavy (non-hydrogen) atoms. The van der Waals surface area contributed by atoms with Crippen LogP contribution in [-0.4, -0.2) is 73.2 Å². The van der Waals surface area contributed by atoms with Gasteiger partial charge in [0.15, 0.2) is 0 Å². The maximum Gasteiger partial charge on any atom is 0.478 e. The predicted molar refractivity (Wildman–Crippen MR) is 192 cm³/mol. The van der Waals surface area contributed by atoms with E-state index >= 15 is 0 Å². The fourth-order valence-electron chi connectivity index (χ4n) is 8.32. The molecule has 0 spiro atoms. The first kappa shape index (κ1) is 39.4. The number of hydrogen-bond donors (Lipinski definition) is 4. The third kappa shape index (κ3) is 7.77. The Morgan fingerprint density at radius 1 is 0.870 bits per heavy atom. The van der Waals surface area contributed by atoms with Gasteiger partial charge in [-0.3, -0.25) is 19.2 Å². The van der Waals surface area contributed by atoms with Crippen LogP contribution in [0.2, 0.25) is 0 Å². The molecule has 0 radical (unpaired) electrons. The van der Waals surface area contributed by atoms with Crippen LogP contribution >= 0.6 is 0 Å². The number of carbonyl (C=O) groups is 4. The van der Waals surface area contributed by atoms with Crippen molar-refractivity contribution in [1.29, 1.82) is 0 Å². The molecule has 5 aliphatic rings. The Hall–Kier alpha value is -4.31. The van der Waals surface area contributed by atoms with E-state index in [4.69, 9.17) is 9.31 Å². The van der Waals surface area contributed by atoms with Crippen LogP contribution in [0.1, 0.15) is 71.1 Å². The minimum atomic E-state index is -4.67. The molecule has 2 unspecified atom stereocenters. The van der Waals surface area contributed by atoms with Gasteiger partial charge in [-0.05, 0) is 61.0 Å². The topological polar surface area (TPSA) is 160 Å². The molecule has 2 bridgehead atoms. The molecule has 7 atom stereocenters. The monoisotopic (exact) mass is 752 g/mol. The Kier molecular flexibility index (Phi) is 10.8. The Bertz CT molecular complexity index is 1770. The molecule has 7 rings (SSSR count). The lowest BCUT2D eigenvalue weighted by atomic mass is 9.43. The lowest BCUT2D eigenvalue weighted by Crippen LogP contribution is -2.65.